The molecule has 0 fully saturated rings. The molecule has 0 aliphatic rings. The van der Waals surface area contributed by atoms with Gasteiger partial charge in [-0.3, -0.25) is 13.9 Å². The number of aryl methyl sites for hydroxylation is 1. The molecule has 9 heteroatoms. The zero-order chi connectivity index (χ0) is 24.8. The number of rotatable bonds is 10. The smallest absolute Gasteiger partial charge is 0.244 e. The minimum Gasteiger partial charge on any atom is -0.352 e. The van der Waals surface area contributed by atoms with E-state index in [1.807, 2.05) is 57.2 Å². The molecule has 0 heterocycles. The van der Waals surface area contributed by atoms with Gasteiger partial charge in [-0.05, 0) is 62.6 Å². The van der Waals surface area contributed by atoms with Crippen LogP contribution in [-0.2, 0) is 32.6 Å². The van der Waals surface area contributed by atoms with E-state index in [4.69, 9.17) is 0 Å². The summed E-state index contributed by atoms with van der Waals surface area (Å²) in [6, 6.07) is 13.6. The van der Waals surface area contributed by atoms with Crippen molar-refractivity contribution in [3.05, 3.63) is 64.1 Å². The Morgan fingerprint density at radius 3 is 2.18 bits per heavy atom. The molecule has 1 atom stereocenters. The van der Waals surface area contributed by atoms with Crippen LogP contribution in [0.15, 0.2) is 53.0 Å². The van der Waals surface area contributed by atoms with Crippen LogP contribution in [-0.4, -0.2) is 50.0 Å². The van der Waals surface area contributed by atoms with E-state index in [0.717, 1.165) is 32.6 Å². The maximum atomic E-state index is 13.4. The van der Waals surface area contributed by atoms with Gasteiger partial charge in [-0.2, -0.15) is 0 Å². The normalized spacial score (nSPS) is 12.3. The maximum absolute atomic E-state index is 13.4. The molecule has 0 unspecified atom stereocenters. The van der Waals surface area contributed by atoms with Gasteiger partial charge in [0.2, 0.25) is 21.8 Å². The summed E-state index contributed by atoms with van der Waals surface area (Å²) in [6.07, 6.45) is 1.89. The van der Waals surface area contributed by atoms with Crippen molar-refractivity contribution in [1.82, 2.24) is 10.2 Å². The molecule has 0 bridgehead atoms. The molecule has 0 aliphatic heterocycles. The van der Waals surface area contributed by atoms with Gasteiger partial charge in [0.25, 0.3) is 0 Å². The van der Waals surface area contributed by atoms with Crippen molar-refractivity contribution in [2.75, 3.05) is 17.1 Å². The summed E-state index contributed by atoms with van der Waals surface area (Å²) < 4.78 is 27.1. The topological polar surface area (TPSA) is 86.8 Å². The minimum absolute atomic E-state index is 0.0904. The molecule has 0 radical (unpaired) electrons. The minimum atomic E-state index is -3.73. The molecule has 2 amide bonds. The Morgan fingerprint density at radius 2 is 1.67 bits per heavy atom. The van der Waals surface area contributed by atoms with Gasteiger partial charge >= 0.3 is 0 Å². The second-order valence-corrected chi connectivity index (χ2v) is 11.1. The van der Waals surface area contributed by atoms with Crippen molar-refractivity contribution in [3.63, 3.8) is 0 Å². The van der Waals surface area contributed by atoms with Crippen LogP contribution in [0.2, 0.25) is 0 Å². The van der Waals surface area contributed by atoms with Crippen LogP contribution in [0.5, 0.6) is 0 Å². The van der Waals surface area contributed by atoms with Crippen LogP contribution in [0.4, 0.5) is 5.69 Å². The molecule has 180 valence electrons. The SMILES string of the molecule is CCc1ccc(N(CC(=O)N(Cc2cccc(Br)c2)[C@@H](C)C(=O)NC(C)C)S(C)(=O)=O)cc1. The molecule has 2 rings (SSSR count). The third-order valence-electron chi connectivity index (χ3n) is 5.15. The highest BCUT2D eigenvalue weighted by Crippen LogP contribution is 2.21. The molecule has 0 aliphatic carbocycles. The fourth-order valence-corrected chi connectivity index (χ4v) is 4.63. The molecular formula is C24H32BrN3O4S. The quantitative estimate of drug-likeness (QED) is 0.500. The first-order chi connectivity index (χ1) is 15.4. The second-order valence-electron chi connectivity index (χ2n) is 8.28. The zero-order valence-electron chi connectivity index (χ0n) is 19.7. The number of sulfonamides is 1. The molecule has 2 aromatic rings. The maximum Gasteiger partial charge on any atom is 0.244 e. The van der Waals surface area contributed by atoms with Gasteiger partial charge in [-0.25, -0.2) is 8.42 Å². The summed E-state index contributed by atoms with van der Waals surface area (Å²) in [5.41, 5.74) is 2.29. The lowest BCUT2D eigenvalue weighted by Gasteiger charge is -2.32. The first-order valence-corrected chi connectivity index (χ1v) is 13.5. The highest BCUT2D eigenvalue weighted by atomic mass is 79.9. The highest BCUT2D eigenvalue weighted by Gasteiger charge is 2.30. The van der Waals surface area contributed by atoms with E-state index in [1.165, 1.54) is 4.90 Å². The van der Waals surface area contributed by atoms with Gasteiger partial charge in [-0.15, -0.1) is 0 Å². The Labute approximate surface area is 205 Å². The predicted molar refractivity (Wildman–Crippen MR) is 135 cm³/mol. The Hall–Kier alpha value is -2.39. The van der Waals surface area contributed by atoms with E-state index in [-0.39, 0.29) is 18.5 Å². The lowest BCUT2D eigenvalue weighted by atomic mass is 10.1. The van der Waals surface area contributed by atoms with Gasteiger partial charge < -0.3 is 10.2 Å². The fraction of sp³-hybridized carbons (Fsp3) is 0.417. The summed E-state index contributed by atoms with van der Waals surface area (Å²) in [6.45, 7) is 7.10. The van der Waals surface area contributed by atoms with Gasteiger partial charge in [-0.1, -0.05) is 47.1 Å². The van der Waals surface area contributed by atoms with Gasteiger partial charge in [0, 0.05) is 17.1 Å². The van der Waals surface area contributed by atoms with E-state index >= 15 is 0 Å². The summed E-state index contributed by atoms with van der Waals surface area (Å²) in [5, 5.41) is 2.83. The standard InChI is InChI=1S/C24H32BrN3O4S/c1-6-19-10-12-22(13-11-19)28(33(5,31)32)16-23(29)27(18(4)24(30)26-17(2)3)15-20-8-7-9-21(25)14-20/h7-14,17-18H,6,15-16H2,1-5H3,(H,26,30)/t18-/m0/s1. The number of hydrogen-bond donors (Lipinski definition) is 1. The first kappa shape index (κ1) is 26.9. The molecular weight excluding hydrogens is 506 g/mol. The molecule has 0 saturated carbocycles. The zero-order valence-corrected chi connectivity index (χ0v) is 22.1. The Bertz CT molecular complexity index is 1070. The van der Waals surface area contributed by atoms with Crippen LogP contribution in [0.3, 0.4) is 0 Å². The van der Waals surface area contributed by atoms with Crippen molar-refractivity contribution < 1.29 is 18.0 Å². The summed E-state index contributed by atoms with van der Waals surface area (Å²) in [5.74, 6) is -0.766. The van der Waals surface area contributed by atoms with Crippen molar-refractivity contribution in [2.45, 2.75) is 52.7 Å². The Kier molecular flexibility index (Phi) is 9.48. The number of carbonyl (C=O) groups excluding carboxylic acids is 2. The highest BCUT2D eigenvalue weighted by molar-refractivity contribution is 9.10. The van der Waals surface area contributed by atoms with Crippen molar-refractivity contribution in [1.29, 1.82) is 0 Å². The fourth-order valence-electron chi connectivity index (χ4n) is 3.33. The van der Waals surface area contributed by atoms with E-state index in [2.05, 4.69) is 21.2 Å². The predicted octanol–water partition coefficient (Wildman–Crippen LogP) is 3.72. The summed E-state index contributed by atoms with van der Waals surface area (Å²) >= 11 is 3.43. The van der Waals surface area contributed by atoms with Crippen LogP contribution in [0.25, 0.3) is 0 Å². The van der Waals surface area contributed by atoms with Crippen molar-refractivity contribution in [3.8, 4) is 0 Å². The number of amides is 2. The van der Waals surface area contributed by atoms with E-state index in [9.17, 15) is 18.0 Å². The number of benzene rings is 2. The van der Waals surface area contributed by atoms with Gasteiger partial charge in [0.1, 0.15) is 12.6 Å². The number of nitrogens with zero attached hydrogens (tertiary/aromatic N) is 2. The molecule has 33 heavy (non-hydrogen) atoms. The van der Waals surface area contributed by atoms with Crippen LogP contribution >= 0.6 is 15.9 Å². The molecule has 0 aromatic heterocycles. The summed E-state index contributed by atoms with van der Waals surface area (Å²) in [4.78, 5) is 27.6. The van der Waals surface area contributed by atoms with Crippen LogP contribution < -0.4 is 9.62 Å². The van der Waals surface area contributed by atoms with Crippen molar-refractivity contribution in [2.24, 2.45) is 0 Å². The number of carbonyl (C=O) groups is 2. The average Bonchev–Trinajstić information content (AvgIpc) is 2.74. The average molecular weight is 539 g/mol. The van der Waals surface area contributed by atoms with Crippen LogP contribution in [0, 0.1) is 0 Å². The molecule has 0 saturated heterocycles. The summed E-state index contributed by atoms with van der Waals surface area (Å²) in [7, 11) is -3.73. The number of nitrogens with one attached hydrogen (secondary N) is 1. The lowest BCUT2D eigenvalue weighted by molar-refractivity contribution is -0.139. The Balaban J connectivity index is 2.38. The number of halogens is 1. The Morgan fingerprint density at radius 1 is 1.03 bits per heavy atom. The van der Waals surface area contributed by atoms with Gasteiger partial charge in [0.15, 0.2) is 0 Å². The van der Waals surface area contributed by atoms with Gasteiger partial charge in [0.05, 0.1) is 11.9 Å². The lowest BCUT2D eigenvalue weighted by Crippen LogP contribution is -2.52. The largest absolute Gasteiger partial charge is 0.352 e. The first-order valence-electron chi connectivity index (χ1n) is 10.8. The van der Waals surface area contributed by atoms with E-state index in [1.54, 1.807) is 19.1 Å². The third-order valence-corrected chi connectivity index (χ3v) is 6.79. The van der Waals surface area contributed by atoms with Crippen LogP contribution in [0.1, 0.15) is 38.8 Å². The third kappa shape index (κ3) is 7.85. The van der Waals surface area contributed by atoms with E-state index in [0.29, 0.717) is 5.69 Å². The second kappa shape index (κ2) is 11.7. The van der Waals surface area contributed by atoms with Crippen molar-refractivity contribution >= 4 is 43.5 Å². The monoisotopic (exact) mass is 537 g/mol. The molecule has 1 N–H and O–H groups in total. The molecule has 0 spiro atoms. The molecule has 7 nitrogen and oxygen atoms in total. The number of anilines is 1. The van der Waals surface area contributed by atoms with E-state index < -0.39 is 28.5 Å². The molecule has 2 aromatic carbocycles. The number of hydrogen-bond acceptors (Lipinski definition) is 4.